The maximum absolute atomic E-state index is 11.1. The lowest BCUT2D eigenvalue weighted by atomic mass is 10.1. The predicted molar refractivity (Wildman–Crippen MR) is 61.7 cm³/mol. The Balaban J connectivity index is 1.96. The number of rotatable bonds is 4. The van der Waals surface area contributed by atoms with Crippen LogP contribution in [-0.2, 0) is 0 Å². The fraction of sp³-hybridized carbons (Fsp3) is 0.545. The SMILES string of the molecule is NC(=O)c1nccnc1OCC1CCCCN1. The Bertz CT molecular complexity index is 391. The molecular weight excluding hydrogens is 220 g/mol. The summed E-state index contributed by atoms with van der Waals surface area (Å²) in [6.45, 7) is 1.50. The van der Waals surface area contributed by atoms with Crippen molar-refractivity contribution in [2.45, 2.75) is 25.3 Å². The molecule has 92 valence electrons. The summed E-state index contributed by atoms with van der Waals surface area (Å²) in [5.41, 5.74) is 5.27. The number of primary amides is 1. The fourth-order valence-corrected chi connectivity index (χ4v) is 1.85. The van der Waals surface area contributed by atoms with Crippen molar-refractivity contribution in [2.75, 3.05) is 13.2 Å². The number of carbonyl (C=O) groups excluding carboxylic acids is 1. The van der Waals surface area contributed by atoms with Crippen LogP contribution in [0, 0.1) is 0 Å². The van der Waals surface area contributed by atoms with Gasteiger partial charge in [0.25, 0.3) is 5.91 Å². The molecule has 0 bridgehead atoms. The van der Waals surface area contributed by atoms with Gasteiger partial charge in [0, 0.05) is 18.4 Å². The number of hydrogen-bond acceptors (Lipinski definition) is 5. The molecule has 0 saturated carbocycles. The van der Waals surface area contributed by atoms with E-state index >= 15 is 0 Å². The van der Waals surface area contributed by atoms with Crippen LogP contribution in [0.3, 0.4) is 0 Å². The minimum absolute atomic E-state index is 0.0864. The van der Waals surface area contributed by atoms with Crippen LogP contribution in [0.1, 0.15) is 29.8 Å². The molecule has 6 nitrogen and oxygen atoms in total. The molecule has 1 fully saturated rings. The van der Waals surface area contributed by atoms with E-state index in [1.807, 2.05) is 0 Å². The third-order valence-corrected chi connectivity index (χ3v) is 2.73. The number of nitrogens with one attached hydrogen (secondary N) is 1. The molecule has 0 aromatic carbocycles. The second kappa shape index (κ2) is 5.58. The lowest BCUT2D eigenvalue weighted by Gasteiger charge is -2.23. The summed E-state index contributed by atoms with van der Waals surface area (Å²) in [5.74, 6) is -0.405. The Hall–Kier alpha value is -1.69. The molecule has 1 aromatic rings. The molecule has 1 unspecified atom stereocenters. The molecule has 1 saturated heterocycles. The number of nitrogens with two attached hydrogens (primary N) is 1. The Labute approximate surface area is 99.6 Å². The first-order valence-electron chi connectivity index (χ1n) is 5.74. The zero-order chi connectivity index (χ0) is 12.1. The van der Waals surface area contributed by atoms with E-state index in [-0.39, 0.29) is 11.6 Å². The summed E-state index contributed by atoms with van der Waals surface area (Å²) in [4.78, 5) is 18.9. The van der Waals surface area contributed by atoms with Gasteiger partial charge < -0.3 is 15.8 Å². The highest BCUT2D eigenvalue weighted by Gasteiger charge is 2.16. The zero-order valence-corrected chi connectivity index (χ0v) is 9.56. The molecule has 17 heavy (non-hydrogen) atoms. The van der Waals surface area contributed by atoms with Crippen LogP contribution in [0.15, 0.2) is 12.4 Å². The van der Waals surface area contributed by atoms with E-state index in [1.165, 1.54) is 25.2 Å². The topological polar surface area (TPSA) is 90.1 Å². The van der Waals surface area contributed by atoms with Gasteiger partial charge >= 0.3 is 0 Å². The maximum Gasteiger partial charge on any atom is 0.272 e. The van der Waals surface area contributed by atoms with Gasteiger partial charge in [-0.05, 0) is 19.4 Å². The lowest BCUT2D eigenvalue weighted by molar-refractivity contribution is 0.0989. The van der Waals surface area contributed by atoms with E-state index in [0.717, 1.165) is 13.0 Å². The van der Waals surface area contributed by atoms with E-state index in [9.17, 15) is 4.79 Å². The van der Waals surface area contributed by atoms with Crippen molar-refractivity contribution in [3.05, 3.63) is 18.1 Å². The summed E-state index contributed by atoms with van der Waals surface area (Å²) in [6, 6.07) is 0.312. The first-order valence-corrected chi connectivity index (χ1v) is 5.74. The van der Waals surface area contributed by atoms with Gasteiger partial charge in [0.1, 0.15) is 6.61 Å². The summed E-state index contributed by atoms with van der Waals surface area (Å²) < 4.78 is 5.50. The van der Waals surface area contributed by atoms with Gasteiger partial charge in [-0.25, -0.2) is 9.97 Å². The largest absolute Gasteiger partial charge is 0.474 e. The van der Waals surface area contributed by atoms with Crippen molar-refractivity contribution in [3.63, 3.8) is 0 Å². The fourth-order valence-electron chi connectivity index (χ4n) is 1.85. The van der Waals surface area contributed by atoms with Crippen LogP contribution in [0.25, 0.3) is 0 Å². The molecule has 0 radical (unpaired) electrons. The van der Waals surface area contributed by atoms with Crippen molar-refractivity contribution in [3.8, 4) is 5.88 Å². The van der Waals surface area contributed by atoms with Crippen LogP contribution < -0.4 is 15.8 Å². The molecule has 1 amide bonds. The van der Waals surface area contributed by atoms with Crippen LogP contribution in [0.2, 0.25) is 0 Å². The van der Waals surface area contributed by atoms with Crippen molar-refractivity contribution in [2.24, 2.45) is 5.73 Å². The highest BCUT2D eigenvalue weighted by molar-refractivity contribution is 5.92. The summed E-state index contributed by atoms with van der Waals surface area (Å²) in [5, 5.41) is 3.35. The Morgan fingerprint density at radius 1 is 1.47 bits per heavy atom. The molecule has 0 spiro atoms. The Morgan fingerprint density at radius 2 is 2.29 bits per heavy atom. The van der Waals surface area contributed by atoms with Crippen molar-refractivity contribution in [1.29, 1.82) is 0 Å². The lowest BCUT2D eigenvalue weighted by Crippen LogP contribution is -2.38. The summed E-state index contributed by atoms with van der Waals surface area (Å²) in [6.07, 6.45) is 6.38. The zero-order valence-electron chi connectivity index (χ0n) is 9.56. The molecule has 1 aliphatic rings. The number of amides is 1. The van der Waals surface area contributed by atoms with E-state index in [4.69, 9.17) is 10.5 Å². The number of hydrogen-bond donors (Lipinski definition) is 2. The summed E-state index contributed by atoms with van der Waals surface area (Å²) in [7, 11) is 0. The predicted octanol–water partition coefficient (Wildman–Crippen LogP) is 0.0964. The third kappa shape index (κ3) is 3.13. The molecule has 3 N–H and O–H groups in total. The van der Waals surface area contributed by atoms with Crippen molar-refractivity contribution >= 4 is 5.91 Å². The highest BCUT2D eigenvalue weighted by Crippen LogP contribution is 2.13. The standard InChI is InChI=1S/C11H16N4O2/c12-10(16)9-11(15-6-5-14-9)17-7-8-3-1-2-4-13-8/h5-6,8,13H,1-4,7H2,(H2,12,16). The Kier molecular flexibility index (Phi) is 3.87. The minimum Gasteiger partial charge on any atom is -0.474 e. The van der Waals surface area contributed by atoms with Crippen LogP contribution >= 0.6 is 0 Å². The smallest absolute Gasteiger partial charge is 0.272 e. The molecule has 0 aliphatic carbocycles. The summed E-state index contributed by atoms with van der Waals surface area (Å²) >= 11 is 0. The second-order valence-corrected chi connectivity index (χ2v) is 4.03. The second-order valence-electron chi connectivity index (χ2n) is 4.03. The van der Waals surface area contributed by atoms with E-state index in [1.54, 1.807) is 0 Å². The van der Waals surface area contributed by atoms with Gasteiger partial charge in [0.2, 0.25) is 5.88 Å². The monoisotopic (exact) mass is 236 g/mol. The number of piperidine rings is 1. The first-order chi connectivity index (χ1) is 8.27. The minimum atomic E-state index is -0.621. The average molecular weight is 236 g/mol. The van der Waals surface area contributed by atoms with Gasteiger partial charge in [-0.15, -0.1) is 0 Å². The van der Waals surface area contributed by atoms with Gasteiger partial charge in [0.05, 0.1) is 0 Å². The number of ether oxygens (including phenoxy) is 1. The molecular formula is C11H16N4O2. The first kappa shape index (κ1) is 11.8. The third-order valence-electron chi connectivity index (χ3n) is 2.73. The number of carbonyl (C=O) groups is 1. The maximum atomic E-state index is 11.1. The van der Waals surface area contributed by atoms with Crippen molar-refractivity contribution < 1.29 is 9.53 Å². The van der Waals surface area contributed by atoms with E-state index in [0.29, 0.717) is 12.6 Å². The molecule has 1 atom stereocenters. The molecule has 1 aliphatic heterocycles. The molecule has 2 heterocycles. The van der Waals surface area contributed by atoms with Crippen LogP contribution in [0.4, 0.5) is 0 Å². The molecule has 1 aromatic heterocycles. The quantitative estimate of drug-likeness (QED) is 0.773. The number of nitrogens with zero attached hydrogens (tertiary/aromatic N) is 2. The molecule has 6 heteroatoms. The number of aromatic nitrogens is 2. The normalized spacial score (nSPS) is 19.9. The highest BCUT2D eigenvalue weighted by atomic mass is 16.5. The van der Waals surface area contributed by atoms with Gasteiger partial charge in [0.15, 0.2) is 5.69 Å². The van der Waals surface area contributed by atoms with Gasteiger partial charge in [-0.1, -0.05) is 6.42 Å². The Morgan fingerprint density at radius 3 is 3.00 bits per heavy atom. The average Bonchev–Trinajstić information content (AvgIpc) is 2.38. The van der Waals surface area contributed by atoms with E-state index < -0.39 is 5.91 Å². The van der Waals surface area contributed by atoms with Gasteiger partial charge in [-0.3, -0.25) is 4.79 Å². The van der Waals surface area contributed by atoms with E-state index in [2.05, 4.69) is 15.3 Å². The van der Waals surface area contributed by atoms with Crippen LogP contribution in [0.5, 0.6) is 5.88 Å². The van der Waals surface area contributed by atoms with Crippen LogP contribution in [-0.4, -0.2) is 35.1 Å². The molecule has 2 rings (SSSR count). The van der Waals surface area contributed by atoms with Crippen molar-refractivity contribution in [1.82, 2.24) is 15.3 Å². The van der Waals surface area contributed by atoms with Gasteiger partial charge in [-0.2, -0.15) is 0 Å².